The highest BCUT2D eigenvalue weighted by Gasteiger charge is 2.17. The van der Waals surface area contributed by atoms with E-state index in [0.29, 0.717) is 11.6 Å². The zero-order valence-electron chi connectivity index (χ0n) is 12.1. The molecule has 2 rings (SSSR count). The number of aromatic nitrogens is 1. The topological polar surface area (TPSA) is 34.2 Å². The van der Waals surface area contributed by atoms with Crippen molar-refractivity contribution in [1.29, 1.82) is 0 Å². The number of halogens is 2. The quantitative estimate of drug-likeness (QED) is 0.808. The Bertz CT molecular complexity index is 607. The van der Waals surface area contributed by atoms with Crippen LogP contribution in [0, 0.1) is 0 Å². The summed E-state index contributed by atoms with van der Waals surface area (Å²) in [5.41, 5.74) is 2.13. The average Bonchev–Trinajstić information content (AvgIpc) is 2.48. The van der Waals surface area contributed by atoms with Gasteiger partial charge in [-0.1, -0.05) is 34.5 Å². The van der Waals surface area contributed by atoms with E-state index in [0.717, 1.165) is 27.9 Å². The Balaban J connectivity index is 2.42. The van der Waals surface area contributed by atoms with E-state index in [1.165, 1.54) is 0 Å². The second-order valence-electron chi connectivity index (χ2n) is 4.54. The van der Waals surface area contributed by atoms with Crippen molar-refractivity contribution in [3.05, 3.63) is 57.3 Å². The van der Waals surface area contributed by atoms with Crippen molar-refractivity contribution < 1.29 is 4.74 Å². The highest BCUT2D eigenvalue weighted by Crippen LogP contribution is 2.31. The maximum absolute atomic E-state index is 6.14. The molecule has 0 saturated carbocycles. The minimum Gasteiger partial charge on any atom is -0.492 e. The molecule has 0 aliphatic carbocycles. The first-order chi connectivity index (χ1) is 10.2. The van der Waals surface area contributed by atoms with Gasteiger partial charge in [0.25, 0.3) is 0 Å². The molecule has 0 amide bonds. The molecule has 1 aromatic heterocycles. The van der Waals surface area contributed by atoms with Gasteiger partial charge >= 0.3 is 0 Å². The van der Waals surface area contributed by atoms with Crippen LogP contribution in [0.5, 0.6) is 5.75 Å². The molecule has 2 aromatic rings. The number of hydrogen-bond acceptors (Lipinski definition) is 3. The Labute approximate surface area is 138 Å². The Morgan fingerprint density at radius 1 is 1.29 bits per heavy atom. The van der Waals surface area contributed by atoms with E-state index in [-0.39, 0.29) is 6.04 Å². The van der Waals surface area contributed by atoms with Gasteiger partial charge in [0, 0.05) is 15.7 Å². The minimum atomic E-state index is 0.0102. The summed E-state index contributed by atoms with van der Waals surface area (Å²) in [6.07, 6.45) is 3.58. The van der Waals surface area contributed by atoms with Gasteiger partial charge in [0.2, 0.25) is 0 Å². The van der Waals surface area contributed by atoms with Gasteiger partial charge in [-0.05, 0) is 48.9 Å². The number of hydrogen-bond donors (Lipinski definition) is 1. The summed E-state index contributed by atoms with van der Waals surface area (Å²) in [5, 5.41) is 4.18. The third-order valence-electron chi connectivity index (χ3n) is 3.06. The molecule has 1 heterocycles. The van der Waals surface area contributed by atoms with Crippen LogP contribution in [0.4, 0.5) is 0 Å². The van der Waals surface area contributed by atoms with Crippen molar-refractivity contribution >= 4 is 27.5 Å². The van der Waals surface area contributed by atoms with Gasteiger partial charge < -0.3 is 10.1 Å². The summed E-state index contributed by atoms with van der Waals surface area (Å²) in [6, 6.07) is 7.81. The zero-order valence-corrected chi connectivity index (χ0v) is 14.4. The van der Waals surface area contributed by atoms with Crippen LogP contribution >= 0.6 is 27.5 Å². The standard InChI is InChI=1S/C16H18BrClN2O/c1-3-20-16(14-8-12(18)5-6-15(14)17)11-7-13(21-4-2)10-19-9-11/h5-10,16,20H,3-4H2,1-2H3. The highest BCUT2D eigenvalue weighted by atomic mass is 79.9. The van der Waals surface area contributed by atoms with Crippen LogP contribution in [0.3, 0.4) is 0 Å². The molecule has 0 aliphatic rings. The molecule has 0 aliphatic heterocycles. The lowest BCUT2D eigenvalue weighted by Crippen LogP contribution is -2.22. The maximum Gasteiger partial charge on any atom is 0.137 e. The first-order valence-electron chi connectivity index (χ1n) is 6.91. The van der Waals surface area contributed by atoms with Crippen molar-refractivity contribution in [2.24, 2.45) is 0 Å². The zero-order chi connectivity index (χ0) is 15.2. The van der Waals surface area contributed by atoms with E-state index in [2.05, 4.69) is 33.2 Å². The monoisotopic (exact) mass is 368 g/mol. The highest BCUT2D eigenvalue weighted by molar-refractivity contribution is 9.10. The Kier molecular flexibility index (Phi) is 6.03. The van der Waals surface area contributed by atoms with Crippen molar-refractivity contribution in [2.45, 2.75) is 19.9 Å². The van der Waals surface area contributed by atoms with Crippen LogP contribution < -0.4 is 10.1 Å². The number of pyridine rings is 1. The summed E-state index contributed by atoms with van der Waals surface area (Å²) in [6.45, 7) is 5.49. The number of benzene rings is 1. The van der Waals surface area contributed by atoms with Crippen molar-refractivity contribution in [2.75, 3.05) is 13.2 Å². The molecule has 1 aromatic carbocycles. The van der Waals surface area contributed by atoms with Gasteiger partial charge in [-0.2, -0.15) is 0 Å². The number of ether oxygens (including phenoxy) is 1. The third kappa shape index (κ3) is 4.19. The van der Waals surface area contributed by atoms with Gasteiger partial charge in [0.05, 0.1) is 18.8 Å². The molecule has 3 nitrogen and oxygen atoms in total. The fourth-order valence-corrected chi connectivity index (χ4v) is 2.84. The van der Waals surface area contributed by atoms with Crippen LogP contribution in [-0.4, -0.2) is 18.1 Å². The number of nitrogens with one attached hydrogen (secondary N) is 1. The van der Waals surface area contributed by atoms with Gasteiger partial charge in [0.15, 0.2) is 0 Å². The van der Waals surface area contributed by atoms with Gasteiger partial charge in [-0.3, -0.25) is 4.98 Å². The van der Waals surface area contributed by atoms with Gasteiger partial charge in [-0.15, -0.1) is 0 Å². The fraction of sp³-hybridized carbons (Fsp3) is 0.312. The lowest BCUT2D eigenvalue weighted by atomic mass is 10.00. The third-order valence-corrected chi connectivity index (χ3v) is 4.01. The normalized spacial score (nSPS) is 12.2. The summed E-state index contributed by atoms with van der Waals surface area (Å²) in [7, 11) is 0. The predicted molar refractivity (Wildman–Crippen MR) is 90.1 cm³/mol. The predicted octanol–water partition coefficient (Wildman–Crippen LogP) is 4.60. The van der Waals surface area contributed by atoms with Crippen LogP contribution in [0.2, 0.25) is 5.02 Å². The van der Waals surface area contributed by atoms with Crippen molar-refractivity contribution in [3.8, 4) is 5.75 Å². The lowest BCUT2D eigenvalue weighted by molar-refractivity contribution is 0.338. The molecule has 21 heavy (non-hydrogen) atoms. The molecular weight excluding hydrogens is 352 g/mol. The van der Waals surface area contributed by atoms with Crippen molar-refractivity contribution in [3.63, 3.8) is 0 Å². The van der Waals surface area contributed by atoms with Crippen LogP contribution in [-0.2, 0) is 0 Å². The molecule has 0 bridgehead atoms. The molecule has 5 heteroatoms. The molecule has 0 fully saturated rings. The average molecular weight is 370 g/mol. The number of nitrogens with zero attached hydrogens (tertiary/aromatic N) is 1. The van der Waals surface area contributed by atoms with E-state index in [1.807, 2.05) is 37.4 Å². The Hall–Kier alpha value is -1.10. The Morgan fingerprint density at radius 2 is 2.10 bits per heavy atom. The van der Waals surface area contributed by atoms with E-state index in [4.69, 9.17) is 16.3 Å². The lowest BCUT2D eigenvalue weighted by Gasteiger charge is -2.21. The first-order valence-corrected chi connectivity index (χ1v) is 8.08. The molecular formula is C16H18BrClN2O. The Morgan fingerprint density at radius 3 is 2.81 bits per heavy atom. The summed E-state index contributed by atoms with van der Waals surface area (Å²) >= 11 is 9.74. The minimum absolute atomic E-state index is 0.0102. The van der Waals surface area contributed by atoms with E-state index >= 15 is 0 Å². The van der Waals surface area contributed by atoms with Gasteiger partial charge in [0.1, 0.15) is 5.75 Å². The number of rotatable bonds is 6. The maximum atomic E-state index is 6.14. The fourth-order valence-electron chi connectivity index (χ4n) is 2.19. The molecule has 0 saturated heterocycles. The molecule has 112 valence electrons. The van der Waals surface area contributed by atoms with E-state index < -0.39 is 0 Å². The van der Waals surface area contributed by atoms with E-state index in [9.17, 15) is 0 Å². The second-order valence-corrected chi connectivity index (χ2v) is 5.83. The van der Waals surface area contributed by atoms with Crippen LogP contribution in [0.1, 0.15) is 31.0 Å². The second kappa shape index (κ2) is 7.78. The molecule has 0 spiro atoms. The summed E-state index contributed by atoms with van der Waals surface area (Å²) in [4.78, 5) is 4.27. The molecule has 1 atom stereocenters. The van der Waals surface area contributed by atoms with E-state index in [1.54, 1.807) is 6.20 Å². The van der Waals surface area contributed by atoms with Crippen LogP contribution in [0.25, 0.3) is 0 Å². The summed E-state index contributed by atoms with van der Waals surface area (Å²) in [5.74, 6) is 0.774. The van der Waals surface area contributed by atoms with Crippen molar-refractivity contribution in [1.82, 2.24) is 10.3 Å². The SMILES string of the molecule is CCNC(c1cncc(OCC)c1)c1cc(Cl)ccc1Br. The molecule has 0 radical (unpaired) electrons. The summed E-state index contributed by atoms with van der Waals surface area (Å²) < 4.78 is 6.55. The van der Waals surface area contributed by atoms with Gasteiger partial charge in [-0.25, -0.2) is 0 Å². The first kappa shape index (κ1) is 16.3. The van der Waals surface area contributed by atoms with Crippen LogP contribution in [0.15, 0.2) is 41.1 Å². The molecule has 1 unspecified atom stereocenters. The molecule has 1 N–H and O–H groups in total. The smallest absolute Gasteiger partial charge is 0.137 e. The largest absolute Gasteiger partial charge is 0.492 e.